The fraction of sp³-hybridized carbons (Fsp3) is 1.00. The maximum absolute atomic E-state index is 3.35. The molecular weight excluding hydrogens is 292 g/mol. The van der Waals surface area contributed by atoms with E-state index >= 15 is 0 Å². The number of alkyl halides is 2. The zero-order chi connectivity index (χ0) is 10.5. The van der Waals surface area contributed by atoms with Crippen LogP contribution in [0.5, 0.6) is 0 Å². The van der Waals surface area contributed by atoms with Crippen LogP contribution in [0.1, 0.15) is 65.7 Å². The van der Waals surface area contributed by atoms with Crippen molar-refractivity contribution in [1.29, 1.82) is 0 Å². The zero-order valence-corrected chi connectivity index (χ0v) is 12.5. The number of rotatable bonds is 6. The lowest BCUT2D eigenvalue weighted by Crippen LogP contribution is -1.78. The van der Waals surface area contributed by atoms with Crippen LogP contribution >= 0.6 is 31.9 Å². The van der Waals surface area contributed by atoms with Crippen molar-refractivity contribution in [3.05, 3.63) is 0 Å². The van der Waals surface area contributed by atoms with Crippen molar-refractivity contribution < 1.29 is 0 Å². The molecule has 0 amide bonds. The smallest absolute Gasteiger partial charge is 0.0697 e. The summed E-state index contributed by atoms with van der Waals surface area (Å²) < 4.78 is 0.523. The van der Waals surface area contributed by atoms with Gasteiger partial charge in [0.1, 0.15) is 0 Å². The van der Waals surface area contributed by atoms with Gasteiger partial charge in [0.05, 0.1) is 3.74 Å². The van der Waals surface area contributed by atoms with Crippen molar-refractivity contribution in [2.24, 2.45) is 0 Å². The Kier molecular flexibility index (Phi) is 19.5. The molecule has 0 rings (SSSR count). The summed E-state index contributed by atoms with van der Waals surface area (Å²) in [4.78, 5) is 0. The summed E-state index contributed by atoms with van der Waals surface area (Å²) in [5.41, 5.74) is 0. The van der Waals surface area contributed by atoms with Crippen molar-refractivity contribution in [1.82, 2.24) is 0 Å². The van der Waals surface area contributed by atoms with Gasteiger partial charge < -0.3 is 0 Å². The molecule has 2 heteroatoms. The normalized spacial score (nSPS) is 9.69. The minimum absolute atomic E-state index is 0.523. The van der Waals surface area contributed by atoms with Gasteiger partial charge in [-0.1, -0.05) is 91.2 Å². The number of halogens is 2. The fourth-order valence-electron chi connectivity index (χ4n) is 0.895. The lowest BCUT2D eigenvalue weighted by Gasteiger charge is -1.91. The Labute approximate surface area is 101 Å². The van der Waals surface area contributed by atoms with Crippen LogP contribution in [0.25, 0.3) is 0 Å². The molecule has 0 heterocycles. The van der Waals surface area contributed by atoms with E-state index in [1.54, 1.807) is 0 Å². The maximum Gasteiger partial charge on any atom is 0.0697 e. The third-order valence-corrected chi connectivity index (χ3v) is 2.63. The van der Waals surface area contributed by atoms with Crippen molar-refractivity contribution in [2.75, 3.05) is 0 Å². The first-order valence-electron chi connectivity index (χ1n) is 5.47. The van der Waals surface area contributed by atoms with Crippen LogP contribution in [0, 0.1) is 0 Å². The highest BCUT2D eigenvalue weighted by molar-refractivity contribution is 9.24. The van der Waals surface area contributed by atoms with E-state index < -0.39 is 0 Å². The second-order valence-electron chi connectivity index (χ2n) is 3.24. The van der Waals surface area contributed by atoms with Crippen molar-refractivity contribution in [2.45, 2.75) is 69.5 Å². The van der Waals surface area contributed by atoms with Gasteiger partial charge in [0.15, 0.2) is 0 Å². The first-order valence-corrected chi connectivity index (χ1v) is 7.30. The lowest BCUT2D eigenvalue weighted by molar-refractivity contribution is 0.656. The molecule has 0 aliphatic heterocycles. The molecule has 0 fully saturated rings. The Bertz CT molecular complexity index is 68.5. The monoisotopic (exact) mass is 314 g/mol. The molecule has 0 aliphatic carbocycles. The molecule has 0 aromatic rings. The third kappa shape index (κ3) is 24.6. The van der Waals surface area contributed by atoms with E-state index in [1.165, 1.54) is 44.9 Å². The van der Waals surface area contributed by atoms with Crippen LogP contribution < -0.4 is 0 Å². The van der Waals surface area contributed by atoms with Gasteiger partial charge in [0.25, 0.3) is 0 Å². The Morgan fingerprint density at radius 1 is 0.769 bits per heavy atom. The molecule has 0 radical (unpaired) electrons. The summed E-state index contributed by atoms with van der Waals surface area (Å²) >= 11 is 6.70. The molecule has 0 unspecified atom stereocenters. The molecule has 0 aliphatic rings. The van der Waals surface area contributed by atoms with Gasteiger partial charge in [0.2, 0.25) is 0 Å². The predicted molar refractivity (Wildman–Crippen MR) is 71.0 cm³/mol. The Balaban J connectivity index is 0. The Morgan fingerprint density at radius 2 is 1.23 bits per heavy atom. The van der Waals surface area contributed by atoms with Gasteiger partial charge in [-0.15, -0.1) is 0 Å². The molecule has 0 bridgehead atoms. The molecule has 0 nitrogen and oxygen atoms in total. The highest BCUT2D eigenvalue weighted by Gasteiger charge is 1.90. The highest BCUT2D eigenvalue weighted by Crippen LogP contribution is 2.13. The van der Waals surface area contributed by atoms with Gasteiger partial charge in [-0.2, -0.15) is 0 Å². The highest BCUT2D eigenvalue weighted by atomic mass is 79.9. The van der Waals surface area contributed by atoms with Crippen LogP contribution in [0.4, 0.5) is 0 Å². The summed E-state index contributed by atoms with van der Waals surface area (Å²) in [7, 11) is 0. The molecule has 82 valence electrons. The number of hydrogen-bond donors (Lipinski definition) is 0. The summed E-state index contributed by atoms with van der Waals surface area (Å²) in [6.45, 7) is 6.65. The molecule has 0 spiro atoms. The Morgan fingerprint density at radius 3 is 1.38 bits per heavy atom. The first-order chi connectivity index (χ1) is 6.18. The zero-order valence-electron chi connectivity index (χ0n) is 9.28. The predicted octanol–water partition coefficient (Wildman–Crippen LogP) is 5.88. The number of unbranched alkanes of at least 4 members (excludes halogenated alkanes) is 4. The van der Waals surface area contributed by atoms with Crippen molar-refractivity contribution in [3.8, 4) is 0 Å². The molecule has 0 aromatic carbocycles. The maximum atomic E-state index is 3.35. The average Bonchev–Trinajstić information content (AvgIpc) is 2.06. The fourth-order valence-corrected chi connectivity index (χ4v) is 1.81. The van der Waals surface area contributed by atoms with Crippen LogP contribution in [-0.4, -0.2) is 3.74 Å². The summed E-state index contributed by atoms with van der Waals surface area (Å²) in [5.74, 6) is 0. The van der Waals surface area contributed by atoms with Crippen molar-refractivity contribution >= 4 is 31.9 Å². The summed E-state index contributed by atoms with van der Waals surface area (Å²) in [6, 6.07) is 0. The van der Waals surface area contributed by atoms with Gasteiger partial charge in [0, 0.05) is 0 Å². The van der Waals surface area contributed by atoms with Gasteiger partial charge in [-0.3, -0.25) is 0 Å². The molecule has 0 aromatic heterocycles. The summed E-state index contributed by atoms with van der Waals surface area (Å²) in [5, 5.41) is 0. The molecule has 13 heavy (non-hydrogen) atoms. The van der Waals surface area contributed by atoms with Crippen LogP contribution in [-0.2, 0) is 0 Å². The van der Waals surface area contributed by atoms with E-state index in [4.69, 9.17) is 0 Å². The minimum Gasteiger partial charge on any atom is -0.0765 e. The molecular formula is C11H24Br2. The first kappa shape index (κ1) is 16.4. The largest absolute Gasteiger partial charge is 0.0765 e. The second-order valence-corrected chi connectivity index (χ2v) is 6.68. The van der Waals surface area contributed by atoms with E-state index in [0.717, 1.165) is 0 Å². The van der Waals surface area contributed by atoms with Crippen LogP contribution in [0.3, 0.4) is 0 Å². The SMILES string of the molecule is CCCC(Br)Br.CCCCCCC. The van der Waals surface area contributed by atoms with E-state index in [0.29, 0.717) is 3.74 Å². The van der Waals surface area contributed by atoms with Crippen LogP contribution in [0.2, 0.25) is 0 Å². The van der Waals surface area contributed by atoms with E-state index in [1.807, 2.05) is 0 Å². The van der Waals surface area contributed by atoms with E-state index in [-0.39, 0.29) is 0 Å². The third-order valence-electron chi connectivity index (χ3n) is 1.71. The standard InChI is InChI=1S/C7H16.C4H8Br2/c1-3-5-7-6-4-2;1-2-3-4(5)6/h3-7H2,1-2H3;4H,2-3H2,1H3. The van der Waals surface area contributed by atoms with E-state index in [2.05, 4.69) is 52.6 Å². The molecule has 0 saturated heterocycles. The lowest BCUT2D eigenvalue weighted by atomic mass is 10.2. The topological polar surface area (TPSA) is 0 Å². The average molecular weight is 316 g/mol. The quantitative estimate of drug-likeness (QED) is 0.424. The number of hydrogen-bond acceptors (Lipinski definition) is 0. The van der Waals surface area contributed by atoms with Gasteiger partial charge in [-0.05, 0) is 6.42 Å². The molecule has 0 saturated carbocycles. The summed E-state index contributed by atoms with van der Waals surface area (Å²) in [6.07, 6.45) is 9.45. The molecule has 0 atom stereocenters. The van der Waals surface area contributed by atoms with Crippen molar-refractivity contribution in [3.63, 3.8) is 0 Å². The minimum atomic E-state index is 0.523. The van der Waals surface area contributed by atoms with Crippen LogP contribution in [0.15, 0.2) is 0 Å². The van der Waals surface area contributed by atoms with Gasteiger partial charge >= 0.3 is 0 Å². The Hall–Kier alpha value is 0.960. The second kappa shape index (κ2) is 15.4. The van der Waals surface area contributed by atoms with E-state index in [9.17, 15) is 0 Å². The molecule has 0 N–H and O–H groups in total. The van der Waals surface area contributed by atoms with Gasteiger partial charge in [-0.25, -0.2) is 0 Å².